The van der Waals surface area contributed by atoms with Crippen molar-refractivity contribution in [3.05, 3.63) is 63.7 Å². The lowest BCUT2D eigenvalue weighted by Crippen LogP contribution is -2.22. The van der Waals surface area contributed by atoms with Crippen molar-refractivity contribution in [1.82, 2.24) is 0 Å². The molecule has 126 valence electrons. The van der Waals surface area contributed by atoms with Crippen LogP contribution in [0.1, 0.15) is 24.5 Å². The highest BCUT2D eigenvalue weighted by Crippen LogP contribution is 2.21. The van der Waals surface area contributed by atoms with Gasteiger partial charge in [-0.2, -0.15) is 0 Å². The third kappa shape index (κ3) is 4.81. The number of carbonyl (C=O) groups is 1. The average Bonchev–Trinajstić information content (AvgIpc) is 2.56. The van der Waals surface area contributed by atoms with Crippen LogP contribution in [-0.4, -0.2) is 17.4 Å². The minimum Gasteiger partial charge on any atom is -0.376 e. The normalized spacial score (nSPS) is 10.2. The van der Waals surface area contributed by atoms with Crippen molar-refractivity contribution in [2.24, 2.45) is 0 Å². The molecule has 2 N–H and O–H groups in total. The number of nitrogens with one attached hydrogen (secondary N) is 2. The summed E-state index contributed by atoms with van der Waals surface area (Å²) in [7, 11) is 0. The molecule has 0 spiro atoms. The Bertz CT molecular complexity index is 727. The second-order valence-corrected chi connectivity index (χ2v) is 5.60. The molecule has 1 amide bonds. The molecule has 6 heteroatoms. The number of benzene rings is 2. The summed E-state index contributed by atoms with van der Waals surface area (Å²) < 4.78 is 0. The predicted molar refractivity (Wildman–Crippen MR) is 95.4 cm³/mol. The average molecular weight is 327 g/mol. The van der Waals surface area contributed by atoms with E-state index in [1.54, 1.807) is 13.0 Å². The van der Waals surface area contributed by atoms with E-state index in [4.69, 9.17) is 0 Å². The summed E-state index contributed by atoms with van der Waals surface area (Å²) in [4.78, 5) is 22.3. The van der Waals surface area contributed by atoms with E-state index in [1.807, 2.05) is 24.3 Å². The molecule has 2 rings (SSSR count). The predicted octanol–water partition coefficient (Wildman–Crippen LogP) is 3.91. The van der Waals surface area contributed by atoms with Crippen LogP contribution in [0.3, 0.4) is 0 Å². The number of hydrogen-bond acceptors (Lipinski definition) is 4. The molecule has 0 heterocycles. The van der Waals surface area contributed by atoms with Gasteiger partial charge in [0.15, 0.2) is 0 Å². The molecule has 0 radical (unpaired) electrons. The molecule has 2 aromatic rings. The Labute approximate surface area is 141 Å². The molecular formula is C18H21N3O3. The van der Waals surface area contributed by atoms with E-state index in [0.717, 1.165) is 18.5 Å². The molecule has 0 bridgehead atoms. The molecule has 0 saturated heterocycles. The highest BCUT2D eigenvalue weighted by atomic mass is 16.6. The van der Waals surface area contributed by atoms with Crippen LogP contribution in [0.5, 0.6) is 0 Å². The van der Waals surface area contributed by atoms with E-state index < -0.39 is 4.92 Å². The lowest BCUT2D eigenvalue weighted by Gasteiger charge is -2.10. The largest absolute Gasteiger partial charge is 0.376 e. The highest BCUT2D eigenvalue weighted by molar-refractivity contribution is 5.94. The fourth-order valence-corrected chi connectivity index (χ4v) is 2.36. The van der Waals surface area contributed by atoms with Crippen LogP contribution in [0.2, 0.25) is 0 Å². The van der Waals surface area contributed by atoms with Gasteiger partial charge >= 0.3 is 0 Å². The first-order chi connectivity index (χ1) is 11.5. The molecule has 0 saturated carbocycles. The molecule has 0 fully saturated rings. The molecule has 0 aliphatic rings. The van der Waals surface area contributed by atoms with Crippen molar-refractivity contribution >= 4 is 23.0 Å². The lowest BCUT2D eigenvalue weighted by molar-refractivity contribution is -0.384. The Morgan fingerprint density at radius 3 is 2.46 bits per heavy atom. The zero-order valence-electron chi connectivity index (χ0n) is 13.8. The summed E-state index contributed by atoms with van der Waals surface area (Å²) in [5.74, 6) is -0.204. The Morgan fingerprint density at radius 2 is 1.88 bits per heavy atom. The second-order valence-electron chi connectivity index (χ2n) is 5.60. The Morgan fingerprint density at radius 1 is 1.17 bits per heavy atom. The van der Waals surface area contributed by atoms with Crippen molar-refractivity contribution in [1.29, 1.82) is 0 Å². The van der Waals surface area contributed by atoms with Crippen LogP contribution >= 0.6 is 0 Å². The fourth-order valence-electron chi connectivity index (χ4n) is 2.36. The summed E-state index contributed by atoms with van der Waals surface area (Å²) in [6.45, 7) is 3.99. The van der Waals surface area contributed by atoms with Gasteiger partial charge < -0.3 is 10.6 Å². The van der Waals surface area contributed by atoms with E-state index in [9.17, 15) is 14.9 Å². The Hall–Kier alpha value is -2.89. The molecule has 2 aromatic carbocycles. The Balaban J connectivity index is 1.90. The molecule has 0 unspecified atom stereocenters. The van der Waals surface area contributed by atoms with Gasteiger partial charge in [-0.1, -0.05) is 25.5 Å². The number of anilines is 2. The molecule has 24 heavy (non-hydrogen) atoms. The molecule has 0 aliphatic carbocycles. The van der Waals surface area contributed by atoms with Crippen LogP contribution in [0.4, 0.5) is 17.1 Å². The maximum Gasteiger partial charge on any atom is 0.269 e. The van der Waals surface area contributed by atoms with Crippen LogP contribution in [-0.2, 0) is 11.2 Å². The van der Waals surface area contributed by atoms with E-state index >= 15 is 0 Å². The van der Waals surface area contributed by atoms with Gasteiger partial charge in [-0.25, -0.2) is 0 Å². The standard InChI is InChI=1S/C18H21N3O3/c1-3-4-14-5-7-15(8-6-14)19-12-18(22)20-17-10-9-16(21(23)24)11-13(17)2/h5-11,19H,3-4,12H2,1-2H3,(H,20,22). The summed E-state index contributed by atoms with van der Waals surface area (Å²) in [5, 5.41) is 16.5. The van der Waals surface area contributed by atoms with Crippen LogP contribution in [0.15, 0.2) is 42.5 Å². The summed E-state index contributed by atoms with van der Waals surface area (Å²) in [6.07, 6.45) is 2.14. The number of rotatable bonds is 7. The van der Waals surface area contributed by atoms with Gasteiger partial charge in [-0.15, -0.1) is 0 Å². The number of aryl methyl sites for hydroxylation is 2. The van der Waals surface area contributed by atoms with Crippen LogP contribution < -0.4 is 10.6 Å². The van der Waals surface area contributed by atoms with Gasteiger partial charge in [0, 0.05) is 23.5 Å². The lowest BCUT2D eigenvalue weighted by atomic mass is 10.1. The first-order valence-corrected chi connectivity index (χ1v) is 7.87. The Kier molecular flexibility index (Phi) is 5.89. The highest BCUT2D eigenvalue weighted by Gasteiger charge is 2.10. The zero-order valence-corrected chi connectivity index (χ0v) is 13.8. The third-order valence-corrected chi connectivity index (χ3v) is 3.64. The molecule has 0 atom stereocenters. The van der Waals surface area contributed by atoms with Gasteiger partial charge in [0.1, 0.15) is 0 Å². The molecule has 0 aliphatic heterocycles. The minimum absolute atomic E-state index is 0.00999. The monoisotopic (exact) mass is 327 g/mol. The zero-order chi connectivity index (χ0) is 17.5. The van der Waals surface area contributed by atoms with Crippen LogP contribution in [0.25, 0.3) is 0 Å². The fraction of sp³-hybridized carbons (Fsp3) is 0.278. The first kappa shape index (κ1) is 17.5. The van der Waals surface area contributed by atoms with Crippen molar-refractivity contribution in [2.75, 3.05) is 17.2 Å². The van der Waals surface area contributed by atoms with Gasteiger partial charge in [0.05, 0.1) is 11.5 Å². The van der Waals surface area contributed by atoms with Gasteiger partial charge in [0.2, 0.25) is 5.91 Å². The van der Waals surface area contributed by atoms with E-state index in [-0.39, 0.29) is 18.1 Å². The van der Waals surface area contributed by atoms with Crippen LogP contribution in [0, 0.1) is 17.0 Å². The van der Waals surface area contributed by atoms with E-state index in [2.05, 4.69) is 17.6 Å². The number of hydrogen-bond donors (Lipinski definition) is 2. The maximum absolute atomic E-state index is 12.0. The minimum atomic E-state index is -0.456. The molecule has 0 aromatic heterocycles. The topological polar surface area (TPSA) is 84.3 Å². The number of non-ortho nitro benzene ring substituents is 1. The SMILES string of the molecule is CCCc1ccc(NCC(=O)Nc2ccc([N+](=O)[O-])cc2C)cc1. The van der Waals surface area contributed by atoms with E-state index in [1.165, 1.54) is 17.7 Å². The third-order valence-electron chi connectivity index (χ3n) is 3.64. The van der Waals surface area contributed by atoms with E-state index in [0.29, 0.717) is 11.3 Å². The second kappa shape index (κ2) is 8.10. The first-order valence-electron chi connectivity index (χ1n) is 7.87. The number of nitrogens with zero attached hydrogens (tertiary/aromatic N) is 1. The smallest absolute Gasteiger partial charge is 0.269 e. The van der Waals surface area contributed by atoms with Crippen molar-refractivity contribution in [3.8, 4) is 0 Å². The van der Waals surface area contributed by atoms with Crippen molar-refractivity contribution in [2.45, 2.75) is 26.7 Å². The number of carbonyl (C=O) groups excluding carboxylic acids is 1. The van der Waals surface area contributed by atoms with Crippen molar-refractivity contribution in [3.63, 3.8) is 0 Å². The summed E-state index contributed by atoms with van der Waals surface area (Å²) >= 11 is 0. The van der Waals surface area contributed by atoms with Gasteiger partial charge in [-0.3, -0.25) is 14.9 Å². The molecular weight excluding hydrogens is 306 g/mol. The van der Waals surface area contributed by atoms with Gasteiger partial charge in [0.25, 0.3) is 5.69 Å². The summed E-state index contributed by atoms with van der Waals surface area (Å²) in [5.41, 5.74) is 3.39. The number of nitro groups is 1. The number of nitro benzene ring substituents is 1. The maximum atomic E-state index is 12.0. The van der Waals surface area contributed by atoms with Crippen molar-refractivity contribution < 1.29 is 9.72 Å². The van der Waals surface area contributed by atoms with Gasteiger partial charge in [-0.05, 0) is 42.7 Å². The summed E-state index contributed by atoms with van der Waals surface area (Å²) in [6, 6.07) is 12.4. The number of amides is 1. The quantitative estimate of drug-likeness (QED) is 0.596. The molecule has 6 nitrogen and oxygen atoms in total.